The third kappa shape index (κ3) is 2.32. The molecule has 0 aromatic carbocycles. The fraction of sp³-hybridized carbons (Fsp3) is 0.909. The summed E-state index contributed by atoms with van der Waals surface area (Å²) in [7, 11) is 0. The van der Waals surface area contributed by atoms with Gasteiger partial charge in [0.2, 0.25) is 5.91 Å². The Morgan fingerprint density at radius 3 is 2.60 bits per heavy atom. The summed E-state index contributed by atoms with van der Waals surface area (Å²) >= 11 is 0. The van der Waals surface area contributed by atoms with Crippen molar-refractivity contribution in [3.63, 3.8) is 0 Å². The molecular formula is C11H20N2O2. The van der Waals surface area contributed by atoms with Gasteiger partial charge in [0.25, 0.3) is 0 Å². The van der Waals surface area contributed by atoms with Crippen molar-refractivity contribution in [3.8, 4) is 0 Å². The summed E-state index contributed by atoms with van der Waals surface area (Å²) < 4.78 is 0. The van der Waals surface area contributed by atoms with Gasteiger partial charge < -0.3 is 5.11 Å². The van der Waals surface area contributed by atoms with Gasteiger partial charge in [-0.05, 0) is 26.7 Å². The van der Waals surface area contributed by atoms with Crippen LogP contribution in [0.25, 0.3) is 0 Å². The van der Waals surface area contributed by atoms with Gasteiger partial charge in [0.15, 0.2) is 0 Å². The molecule has 2 fully saturated rings. The van der Waals surface area contributed by atoms with Crippen molar-refractivity contribution in [3.05, 3.63) is 0 Å². The molecule has 1 heterocycles. The second kappa shape index (κ2) is 3.76. The number of hydrogen-bond acceptors (Lipinski definition) is 3. The van der Waals surface area contributed by atoms with Gasteiger partial charge in [-0.1, -0.05) is 6.42 Å². The molecule has 1 aliphatic heterocycles. The lowest BCUT2D eigenvalue weighted by atomic mass is 9.92. The Bertz CT molecular complexity index is 256. The van der Waals surface area contributed by atoms with Crippen LogP contribution in [0.5, 0.6) is 0 Å². The monoisotopic (exact) mass is 212 g/mol. The maximum Gasteiger partial charge on any atom is 0.238 e. The van der Waals surface area contributed by atoms with E-state index in [4.69, 9.17) is 0 Å². The van der Waals surface area contributed by atoms with E-state index in [1.807, 2.05) is 0 Å². The smallest absolute Gasteiger partial charge is 0.238 e. The first-order chi connectivity index (χ1) is 6.97. The number of β-amino-alcohol motifs (C(OH)–C–C–N with tert-alkyl or cyclic N) is 1. The van der Waals surface area contributed by atoms with E-state index >= 15 is 0 Å². The highest BCUT2D eigenvalue weighted by atomic mass is 16.3. The molecule has 1 saturated heterocycles. The quantitative estimate of drug-likeness (QED) is 0.751. The predicted molar refractivity (Wildman–Crippen MR) is 57.0 cm³/mol. The highest BCUT2D eigenvalue weighted by Crippen LogP contribution is 2.30. The minimum Gasteiger partial charge on any atom is -0.389 e. The van der Waals surface area contributed by atoms with Gasteiger partial charge in [0, 0.05) is 19.0 Å². The minimum absolute atomic E-state index is 0.157. The number of carbonyl (C=O) groups excluding carboxylic acids is 1. The average molecular weight is 212 g/mol. The van der Waals surface area contributed by atoms with Crippen molar-refractivity contribution in [1.82, 2.24) is 10.0 Å². The Balaban J connectivity index is 2.01. The van der Waals surface area contributed by atoms with Crippen LogP contribution < -0.4 is 0 Å². The summed E-state index contributed by atoms with van der Waals surface area (Å²) in [5.41, 5.74) is -0.804. The highest BCUT2D eigenvalue weighted by molar-refractivity contribution is 5.77. The first-order valence-corrected chi connectivity index (χ1v) is 5.77. The van der Waals surface area contributed by atoms with Gasteiger partial charge in [0.05, 0.1) is 12.1 Å². The molecule has 86 valence electrons. The Morgan fingerprint density at radius 2 is 2.13 bits per heavy atom. The zero-order valence-corrected chi connectivity index (χ0v) is 9.57. The van der Waals surface area contributed by atoms with E-state index in [1.165, 1.54) is 19.3 Å². The Morgan fingerprint density at radius 1 is 1.47 bits per heavy atom. The topological polar surface area (TPSA) is 43.8 Å². The molecule has 4 heteroatoms. The molecule has 1 aliphatic carbocycles. The molecule has 0 spiro atoms. The second-order valence-corrected chi connectivity index (χ2v) is 5.26. The standard InChI is InChI=1S/C11H20N2O2/c1-11(2,15)8-13-10(14)6-7-12(13)9-4-3-5-9/h9,15H,3-8H2,1-2H3. The van der Waals surface area contributed by atoms with Crippen LogP contribution in [0, 0.1) is 0 Å². The van der Waals surface area contributed by atoms with Gasteiger partial charge in [-0.2, -0.15) is 0 Å². The van der Waals surface area contributed by atoms with Crippen molar-refractivity contribution in [2.24, 2.45) is 0 Å². The van der Waals surface area contributed by atoms with Crippen molar-refractivity contribution < 1.29 is 9.90 Å². The number of hydrogen-bond donors (Lipinski definition) is 1. The van der Waals surface area contributed by atoms with Crippen LogP contribution in [-0.2, 0) is 4.79 Å². The van der Waals surface area contributed by atoms with Gasteiger partial charge in [0.1, 0.15) is 0 Å². The van der Waals surface area contributed by atoms with Crippen LogP contribution >= 0.6 is 0 Å². The van der Waals surface area contributed by atoms with Crippen LogP contribution in [0.15, 0.2) is 0 Å². The van der Waals surface area contributed by atoms with Crippen molar-refractivity contribution in [1.29, 1.82) is 0 Å². The number of amides is 1. The fourth-order valence-corrected chi connectivity index (χ4v) is 2.21. The van der Waals surface area contributed by atoms with Gasteiger partial charge >= 0.3 is 0 Å². The van der Waals surface area contributed by atoms with Crippen LogP contribution in [0.1, 0.15) is 39.5 Å². The van der Waals surface area contributed by atoms with E-state index in [0.29, 0.717) is 19.0 Å². The van der Waals surface area contributed by atoms with Crippen LogP contribution in [0.3, 0.4) is 0 Å². The van der Waals surface area contributed by atoms with Gasteiger partial charge in [-0.3, -0.25) is 9.80 Å². The zero-order chi connectivity index (χ0) is 11.1. The predicted octanol–water partition coefficient (Wildman–Crippen LogP) is 0.759. The zero-order valence-electron chi connectivity index (χ0n) is 9.57. The molecule has 15 heavy (non-hydrogen) atoms. The molecule has 0 unspecified atom stereocenters. The van der Waals surface area contributed by atoms with E-state index in [2.05, 4.69) is 5.01 Å². The van der Waals surface area contributed by atoms with Gasteiger partial charge in [-0.15, -0.1) is 0 Å². The fourth-order valence-electron chi connectivity index (χ4n) is 2.21. The summed E-state index contributed by atoms with van der Waals surface area (Å²) in [4.78, 5) is 11.7. The number of carbonyl (C=O) groups is 1. The number of nitrogens with zero attached hydrogens (tertiary/aromatic N) is 2. The molecule has 0 bridgehead atoms. The van der Waals surface area contributed by atoms with E-state index in [0.717, 1.165) is 6.54 Å². The molecule has 0 aromatic heterocycles. The average Bonchev–Trinajstić information content (AvgIpc) is 2.30. The van der Waals surface area contributed by atoms with Crippen molar-refractivity contribution in [2.45, 2.75) is 51.2 Å². The third-order valence-electron chi connectivity index (χ3n) is 3.19. The molecule has 1 saturated carbocycles. The second-order valence-electron chi connectivity index (χ2n) is 5.26. The van der Waals surface area contributed by atoms with E-state index < -0.39 is 5.60 Å². The Kier molecular flexibility index (Phi) is 2.73. The third-order valence-corrected chi connectivity index (χ3v) is 3.19. The summed E-state index contributed by atoms with van der Waals surface area (Å²) in [5.74, 6) is 0.157. The molecule has 0 radical (unpaired) electrons. The summed E-state index contributed by atoms with van der Waals surface area (Å²) in [6.45, 7) is 4.75. The van der Waals surface area contributed by atoms with Crippen molar-refractivity contribution in [2.75, 3.05) is 13.1 Å². The molecular weight excluding hydrogens is 192 g/mol. The van der Waals surface area contributed by atoms with Crippen LogP contribution in [0.4, 0.5) is 0 Å². The first kappa shape index (κ1) is 10.9. The molecule has 0 atom stereocenters. The number of rotatable bonds is 3. The number of aliphatic hydroxyl groups is 1. The largest absolute Gasteiger partial charge is 0.389 e. The Hall–Kier alpha value is -0.610. The highest BCUT2D eigenvalue weighted by Gasteiger charge is 2.38. The SMILES string of the molecule is CC(C)(O)CN1C(=O)CCN1C1CCC1. The Labute approximate surface area is 90.8 Å². The van der Waals surface area contributed by atoms with Gasteiger partial charge in [-0.25, -0.2) is 5.01 Å². The first-order valence-electron chi connectivity index (χ1n) is 5.77. The van der Waals surface area contributed by atoms with Crippen LogP contribution in [-0.4, -0.2) is 45.8 Å². The minimum atomic E-state index is -0.804. The summed E-state index contributed by atoms with van der Waals surface area (Å²) in [6.07, 6.45) is 4.25. The molecule has 2 aliphatic rings. The summed E-state index contributed by atoms with van der Waals surface area (Å²) in [6, 6.07) is 0.541. The molecule has 1 amide bonds. The van der Waals surface area contributed by atoms with Crippen molar-refractivity contribution >= 4 is 5.91 Å². The van der Waals surface area contributed by atoms with E-state index in [1.54, 1.807) is 18.9 Å². The molecule has 0 aromatic rings. The molecule has 1 N–H and O–H groups in total. The maximum absolute atomic E-state index is 11.7. The maximum atomic E-state index is 11.7. The lowest BCUT2D eigenvalue weighted by Crippen LogP contribution is -2.52. The van der Waals surface area contributed by atoms with E-state index in [-0.39, 0.29) is 5.91 Å². The lowest BCUT2D eigenvalue weighted by Gasteiger charge is -2.41. The van der Waals surface area contributed by atoms with E-state index in [9.17, 15) is 9.90 Å². The normalized spacial score (nSPS) is 24.7. The molecule has 4 nitrogen and oxygen atoms in total. The molecule has 2 rings (SSSR count). The van der Waals surface area contributed by atoms with Crippen LogP contribution in [0.2, 0.25) is 0 Å². The lowest BCUT2D eigenvalue weighted by molar-refractivity contribution is -0.150. The number of hydrazine groups is 1. The summed E-state index contributed by atoms with van der Waals surface area (Å²) in [5, 5.41) is 13.7.